The second-order valence-electron chi connectivity index (χ2n) is 10.3. The van der Waals surface area contributed by atoms with Gasteiger partial charge in [-0.15, -0.1) is 0 Å². The summed E-state index contributed by atoms with van der Waals surface area (Å²) in [5, 5.41) is 20.3. The fourth-order valence-corrected chi connectivity index (χ4v) is 5.16. The zero-order valence-electron chi connectivity index (χ0n) is 22.0. The van der Waals surface area contributed by atoms with Gasteiger partial charge < -0.3 is 10.7 Å². The lowest BCUT2D eigenvalue weighted by Gasteiger charge is -2.36. The van der Waals surface area contributed by atoms with Crippen LogP contribution in [0.2, 0.25) is 0 Å². The first-order chi connectivity index (χ1) is 17.6. The van der Waals surface area contributed by atoms with Crippen molar-refractivity contribution in [3.05, 3.63) is 82.2 Å². The Labute approximate surface area is 218 Å². The SMILES string of the molecule is CC(=N)/C=C(\C=O)Cc1ccc(C(=O)NCCN2C(c3cccc(F)c3)CCC2C(C)(C)C#N)cc1C. The Balaban J connectivity index is 1.69. The van der Waals surface area contributed by atoms with E-state index in [4.69, 9.17) is 5.41 Å². The molecular weight excluding hydrogens is 467 g/mol. The number of amides is 1. The Bertz CT molecular complexity index is 1240. The Morgan fingerprint density at radius 3 is 2.65 bits per heavy atom. The van der Waals surface area contributed by atoms with Crippen LogP contribution in [0.5, 0.6) is 0 Å². The van der Waals surface area contributed by atoms with Gasteiger partial charge in [0.05, 0.1) is 11.5 Å². The molecule has 2 atom stereocenters. The number of aryl methyl sites for hydroxylation is 1. The van der Waals surface area contributed by atoms with Crippen molar-refractivity contribution >= 4 is 17.9 Å². The minimum Gasteiger partial charge on any atom is -0.351 e. The average Bonchev–Trinajstić information content (AvgIpc) is 3.29. The molecule has 0 saturated carbocycles. The van der Waals surface area contributed by atoms with Crippen LogP contribution in [0, 0.1) is 34.9 Å². The lowest BCUT2D eigenvalue weighted by atomic mass is 9.84. The summed E-state index contributed by atoms with van der Waals surface area (Å²) < 4.78 is 13.9. The van der Waals surface area contributed by atoms with Crippen molar-refractivity contribution < 1.29 is 14.0 Å². The van der Waals surface area contributed by atoms with Gasteiger partial charge in [-0.05, 0) is 93.1 Å². The zero-order valence-corrected chi connectivity index (χ0v) is 22.0. The molecule has 7 heteroatoms. The molecule has 1 aliphatic heterocycles. The second-order valence-corrected chi connectivity index (χ2v) is 10.3. The van der Waals surface area contributed by atoms with Crippen LogP contribution in [0.4, 0.5) is 4.39 Å². The van der Waals surface area contributed by atoms with E-state index in [1.54, 1.807) is 37.3 Å². The third kappa shape index (κ3) is 6.99. The summed E-state index contributed by atoms with van der Waals surface area (Å²) in [4.78, 5) is 26.5. The summed E-state index contributed by atoms with van der Waals surface area (Å²) in [7, 11) is 0. The molecule has 2 aromatic carbocycles. The smallest absolute Gasteiger partial charge is 0.251 e. The van der Waals surface area contributed by atoms with Crippen LogP contribution in [0.25, 0.3) is 0 Å². The normalized spacial score (nSPS) is 18.3. The number of nitriles is 1. The van der Waals surface area contributed by atoms with Gasteiger partial charge in [0.1, 0.15) is 12.1 Å². The summed E-state index contributed by atoms with van der Waals surface area (Å²) in [6.45, 7) is 8.30. The van der Waals surface area contributed by atoms with E-state index in [1.807, 2.05) is 32.9 Å². The maximum Gasteiger partial charge on any atom is 0.251 e. The molecule has 0 radical (unpaired) electrons. The maximum atomic E-state index is 13.9. The van der Waals surface area contributed by atoms with Crippen LogP contribution < -0.4 is 5.32 Å². The van der Waals surface area contributed by atoms with Crippen LogP contribution >= 0.6 is 0 Å². The number of nitrogens with one attached hydrogen (secondary N) is 2. The minimum atomic E-state index is -0.579. The average molecular weight is 503 g/mol. The number of benzene rings is 2. The van der Waals surface area contributed by atoms with E-state index in [-0.39, 0.29) is 23.8 Å². The van der Waals surface area contributed by atoms with Crippen LogP contribution in [-0.2, 0) is 11.2 Å². The Kier molecular flexibility index (Phi) is 9.12. The third-order valence-corrected chi connectivity index (χ3v) is 7.08. The number of carbonyl (C=O) groups excluding carboxylic acids is 2. The van der Waals surface area contributed by atoms with Crippen LogP contribution in [-0.4, -0.2) is 41.9 Å². The molecule has 3 rings (SSSR count). The van der Waals surface area contributed by atoms with Gasteiger partial charge in [0.2, 0.25) is 0 Å². The third-order valence-electron chi connectivity index (χ3n) is 7.08. The maximum absolute atomic E-state index is 13.9. The van der Waals surface area contributed by atoms with Crippen molar-refractivity contribution in [1.29, 1.82) is 10.7 Å². The van der Waals surface area contributed by atoms with Gasteiger partial charge in [-0.3, -0.25) is 14.5 Å². The number of aldehydes is 1. The number of carbonyl (C=O) groups is 2. The molecule has 0 spiro atoms. The molecule has 1 heterocycles. The van der Waals surface area contributed by atoms with Crippen LogP contribution in [0.3, 0.4) is 0 Å². The van der Waals surface area contributed by atoms with Crippen molar-refractivity contribution in [3.63, 3.8) is 0 Å². The van der Waals surface area contributed by atoms with E-state index in [9.17, 15) is 19.2 Å². The summed E-state index contributed by atoms with van der Waals surface area (Å²) in [6.07, 6.45) is 4.35. The molecule has 0 aliphatic carbocycles. The molecule has 6 nitrogen and oxygen atoms in total. The number of halogens is 1. The van der Waals surface area contributed by atoms with E-state index >= 15 is 0 Å². The van der Waals surface area contributed by atoms with Gasteiger partial charge in [0.25, 0.3) is 5.91 Å². The highest BCUT2D eigenvalue weighted by Crippen LogP contribution is 2.42. The molecule has 1 amide bonds. The zero-order chi connectivity index (χ0) is 27.2. The first kappa shape index (κ1) is 27.9. The van der Waals surface area contributed by atoms with Gasteiger partial charge in [0.15, 0.2) is 0 Å². The van der Waals surface area contributed by atoms with Gasteiger partial charge >= 0.3 is 0 Å². The molecule has 0 aromatic heterocycles. The minimum absolute atomic E-state index is 0.00568. The lowest BCUT2D eigenvalue weighted by Crippen LogP contribution is -2.44. The van der Waals surface area contributed by atoms with E-state index < -0.39 is 5.41 Å². The van der Waals surface area contributed by atoms with Gasteiger partial charge in [-0.25, -0.2) is 4.39 Å². The molecule has 37 heavy (non-hydrogen) atoms. The highest BCUT2D eigenvalue weighted by Gasteiger charge is 2.42. The fraction of sp³-hybridized carbons (Fsp3) is 0.400. The molecule has 1 aliphatic rings. The van der Waals surface area contributed by atoms with Crippen molar-refractivity contribution in [2.75, 3.05) is 13.1 Å². The van der Waals surface area contributed by atoms with Gasteiger partial charge in [0, 0.05) is 42.9 Å². The van der Waals surface area contributed by atoms with Crippen molar-refractivity contribution in [3.8, 4) is 6.07 Å². The molecule has 1 fully saturated rings. The van der Waals surface area contributed by atoms with Gasteiger partial charge in [-0.1, -0.05) is 18.2 Å². The topological polar surface area (TPSA) is 97.0 Å². The summed E-state index contributed by atoms with van der Waals surface area (Å²) in [5.74, 6) is -0.481. The molecule has 0 bridgehead atoms. The Morgan fingerprint density at radius 1 is 1.27 bits per heavy atom. The predicted octanol–water partition coefficient (Wildman–Crippen LogP) is 5.33. The summed E-state index contributed by atoms with van der Waals surface area (Å²) in [6, 6.07) is 14.4. The molecule has 2 N–H and O–H groups in total. The number of hydrogen-bond donors (Lipinski definition) is 2. The van der Waals surface area contributed by atoms with Crippen molar-refractivity contribution in [2.24, 2.45) is 5.41 Å². The quantitative estimate of drug-likeness (QED) is 0.261. The molecular formula is C30H35FN4O2. The number of allylic oxidation sites excluding steroid dienone is 2. The molecule has 2 unspecified atom stereocenters. The van der Waals surface area contributed by atoms with E-state index in [0.717, 1.165) is 35.8 Å². The van der Waals surface area contributed by atoms with Crippen molar-refractivity contribution in [1.82, 2.24) is 10.2 Å². The Morgan fingerprint density at radius 2 is 2.03 bits per heavy atom. The first-order valence-electron chi connectivity index (χ1n) is 12.6. The number of hydrogen-bond acceptors (Lipinski definition) is 5. The summed E-state index contributed by atoms with van der Waals surface area (Å²) in [5.41, 5.74) is 3.48. The fourth-order valence-electron chi connectivity index (χ4n) is 5.16. The number of rotatable bonds is 10. The van der Waals surface area contributed by atoms with E-state index in [2.05, 4.69) is 16.3 Å². The molecule has 2 aromatic rings. The van der Waals surface area contributed by atoms with Crippen LogP contribution in [0.15, 0.2) is 54.1 Å². The Hall–Kier alpha value is -3.63. The van der Waals surface area contributed by atoms with Crippen molar-refractivity contribution in [2.45, 2.75) is 59.0 Å². The second kappa shape index (κ2) is 12.1. The standard InChI is InChI=1S/C30H35FN4O2/c1-20-14-25(9-8-23(20)16-22(18-36)15-21(2)33)29(37)34-12-13-35-27(24-6-5-7-26(31)17-24)10-11-28(35)30(3,4)19-32/h5-9,14-15,17-18,27-28,33H,10-13,16H2,1-4H3,(H,34,37)/b22-15-,33-21?. The first-order valence-corrected chi connectivity index (χ1v) is 12.6. The number of likely N-dealkylation sites (tertiary alicyclic amines) is 1. The molecule has 1 saturated heterocycles. The molecule has 194 valence electrons. The van der Waals surface area contributed by atoms with E-state index in [1.165, 1.54) is 6.07 Å². The monoisotopic (exact) mass is 502 g/mol. The van der Waals surface area contributed by atoms with E-state index in [0.29, 0.717) is 36.4 Å². The number of nitrogens with zero attached hydrogens (tertiary/aromatic N) is 2. The predicted molar refractivity (Wildman–Crippen MR) is 143 cm³/mol. The highest BCUT2D eigenvalue weighted by atomic mass is 19.1. The lowest BCUT2D eigenvalue weighted by molar-refractivity contribution is -0.105. The van der Waals surface area contributed by atoms with Gasteiger partial charge in [-0.2, -0.15) is 5.26 Å². The van der Waals surface area contributed by atoms with Crippen LogP contribution in [0.1, 0.15) is 66.7 Å². The highest BCUT2D eigenvalue weighted by molar-refractivity contribution is 5.96. The summed E-state index contributed by atoms with van der Waals surface area (Å²) >= 11 is 0. The largest absolute Gasteiger partial charge is 0.351 e.